The summed E-state index contributed by atoms with van der Waals surface area (Å²) in [6.07, 6.45) is 0. The van der Waals surface area contributed by atoms with Crippen LogP contribution in [-0.2, 0) is 11.3 Å². The van der Waals surface area contributed by atoms with Gasteiger partial charge in [-0.3, -0.25) is 10.1 Å². The quantitative estimate of drug-likeness (QED) is 0.715. The summed E-state index contributed by atoms with van der Waals surface area (Å²) >= 11 is 1.47. The highest BCUT2D eigenvalue weighted by atomic mass is 32.1. The summed E-state index contributed by atoms with van der Waals surface area (Å²) in [4.78, 5) is 13.5. The normalized spacial score (nSPS) is 11.6. The van der Waals surface area contributed by atoms with Crippen LogP contribution in [0.5, 0.6) is 0 Å². The molecule has 1 unspecified atom stereocenters. The molecule has 0 saturated heterocycles. The van der Waals surface area contributed by atoms with Crippen LogP contribution in [0.3, 0.4) is 0 Å². The van der Waals surface area contributed by atoms with Crippen LogP contribution in [0.15, 0.2) is 66.7 Å². The molecule has 1 heterocycles. The summed E-state index contributed by atoms with van der Waals surface area (Å²) in [5.74, 6) is -0.403. The molecule has 1 atom stereocenters. The van der Waals surface area contributed by atoms with E-state index in [1.165, 1.54) is 11.3 Å². The van der Waals surface area contributed by atoms with Gasteiger partial charge < -0.3 is 5.73 Å². The van der Waals surface area contributed by atoms with E-state index in [2.05, 4.69) is 17.5 Å². The molecular weight excluding hydrogens is 330 g/mol. The fourth-order valence-electron chi connectivity index (χ4n) is 2.64. The van der Waals surface area contributed by atoms with E-state index in [-0.39, 0.29) is 0 Å². The van der Waals surface area contributed by atoms with Crippen LogP contribution in [0.4, 0.5) is 0 Å². The lowest BCUT2D eigenvalue weighted by Crippen LogP contribution is -2.33. The third kappa shape index (κ3) is 4.13. The number of hydrogen-bond donors (Lipinski definition) is 2. The molecule has 5 heteroatoms. The van der Waals surface area contributed by atoms with Gasteiger partial charge in [0, 0.05) is 11.4 Å². The minimum atomic E-state index is -0.531. The molecule has 0 fully saturated rings. The lowest BCUT2D eigenvalue weighted by molar-refractivity contribution is -0.120. The number of rotatable bonds is 6. The summed E-state index contributed by atoms with van der Waals surface area (Å²) in [6.45, 7) is 0.521. The van der Waals surface area contributed by atoms with Crippen molar-refractivity contribution in [3.05, 3.63) is 82.7 Å². The zero-order valence-corrected chi connectivity index (χ0v) is 14.3. The van der Waals surface area contributed by atoms with Crippen molar-refractivity contribution in [1.82, 2.24) is 5.32 Å². The van der Waals surface area contributed by atoms with E-state index in [0.717, 1.165) is 21.6 Å². The number of carbonyl (C=O) groups excluding carboxylic acids is 1. The highest BCUT2D eigenvalue weighted by Gasteiger charge is 2.16. The Morgan fingerprint density at radius 1 is 1.12 bits per heavy atom. The molecule has 3 aromatic rings. The number of thiophene rings is 1. The molecule has 0 radical (unpaired) electrons. The first-order chi connectivity index (χ1) is 12.2. The van der Waals surface area contributed by atoms with E-state index in [1.807, 2.05) is 60.7 Å². The second-order valence-electron chi connectivity index (χ2n) is 5.60. The van der Waals surface area contributed by atoms with Crippen LogP contribution < -0.4 is 11.1 Å². The maximum absolute atomic E-state index is 11.8. The van der Waals surface area contributed by atoms with Gasteiger partial charge in [-0.15, -0.1) is 11.3 Å². The second kappa shape index (κ2) is 7.75. The van der Waals surface area contributed by atoms with E-state index < -0.39 is 11.9 Å². The zero-order chi connectivity index (χ0) is 17.6. The van der Waals surface area contributed by atoms with Crippen molar-refractivity contribution in [3.63, 3.8) is 0 Å². The van der Waals surface area contributed by atoms with E-state index in [4.69, 9.17) is 11.0 Å². The van der Waals surface area contributed by atoms with Crippen LogP contribution in [-0.4, -0.2) is 5.91 Å². The molecule has 0 aliphatic heterocycles. The Hall–Kier alpha value is -2.94. The van der Waals surface area contributed by atoms with Crippen LogP contribution in [0.2, 0.25) is 0 Å². The summed E-state index contributed by atoms with van der Waals surface area (Å²) in [7, 11) is 0. The topological polar surface area (TPSA) is 78.9 Å². The number of nitrogens with two attached hydrogens (primary N) is 1. The van der Waals surface area contributed by atoms with E-state index in [0.29, 0.717) is 11.4 Å². The van der Waals surface area contributed by atoms with Gasteiger partial charge in [-0.05, 0) is 34.9 Å². The number of nitrogens with one attached hydrogen (secondary N) is 1. The Labute approximate surface area is 150 Å². The highest BCUT2D eigenvalue weighted by molar-refractivity contribution is 7.16. The smallest absolute Gasteiger partial charge is 0.239 e. The van der Waals surface area contributed by atoms with Gasteiger partial charge in [0.2, 0.25) is 5.91 Å². The number of carbonyl (C=O) groups is 1. The Morgan fingerprint density at radius 3 is 2.60 bits per heavy atom. The van der Waals surface area contributed by atoms with Gasteiger partial charge in [0.15, 0.2) is 0 Å². The van der Waals surface area contributed by atoms with Gasteiger partial charge in [0.1, 0.15) is 17.0 Å². The van der Waals surface area contributed by atoms with Gasteiger partial charge in [0.25, 0.3) is 0 Å². The molecule has 0 aliphatic carbocycles. The average molecular weight is 347 g/mol. The molecule has 124 valence electrons. The molecule has 3 rings (SSSR count). The predicted molar refractivity (Wildman–Crippen MR) is 99.7 cm³/mol. The van der Waals surface area contributed by atoms with Crippen LogP contribution in [0.1, 0.15) is 22.0 Å². The van der Waals surface area contributed by atoms with Crippen molar-refractivity contribution in [1.29, 1.82) is 5.26 Å². The average Bonchev–Trinajstić information content (AvgIpc) is 3.12. The molecule has 0 aliphatic rings. The van der Waals surface area contributed by atoms with E-state index in [9.17, 15) is 4.79 Å². The first-order valence-corrected chi connectivity index (χ1v) is 8.66. The number of benzene rings is 2. The van der Waals surface area contributed by atoms with Gasteiger partial charge in [0.05, 0.1) is 0 Å². The Kier molecular flexibility index (Phi) is 5.24. The lowest BCUT2D eigenvalue weighted by Gasteiger charge is -2.16. The number of nitrogens with zero attached hydrogens (tertiary/aromatic N) is 1. The maximum Gasteiger partial charge on any atom is 0.239 e. The van der Waals surface area contributed by atoms with Crippen LogP contribution in [0, 0.1) is 11.3 Å². The largest absolute Gasteiger partial charge is 0.368 e. The van der Waals surface area contributed by atoms with Gasteiger partial charge in [-0.1, -0.05) is 48.5 Å². The van der Waals surface area contributed by atoms with Crippen molar-refractivity contribution in [2.45, 2.75) is 12.6 Å². The molecule has 25 heavy (non-hydrogen) atoms. The third-order valence-corrected chi connectivity index (χ3v) is 4.89. The Morgan fingerprint density at radius 2 is 1.92 bits per heavy atom. The van der Waals surface area contributed by atoms with Crippen molar-refractivity contribution < 1.29 is 4.79 Å². The van der Waals surface area contributed by atoms with Crippen molar-refractivity contribution in [2.24, 2.45) is 5.73 Å². The van der Waals surface area contributed by atoms with Crippen LogP contribution >= 0.6 is 11.3 Å². The SMILES string of the molecule is N#Cc1ccc(-c2cccc(CNC(C(N)=O)c3ccccc3)c2)s1. The second-order valence-corrected chi connectivity index (χ2v) is 6.69. The fraction of sp³-hybridized carbons (Fsp3) is 0.100. The van der Waals surface area contributed by atoms with E-state index in [1.54, 1.807) is 0 Å². The van der Waals surface area contributed by atoms with Crippen molar-refractivity contribution >= 4 is 17.2 Å². The van der Waals surface area contributed by atoms with Crippen molar-refractivity contribution in [3.8, 4) is 16.5 Å². The summed E-state index contributed by atoms with van der Waals surface area (Å²) in [5.41, 5.74) is 8.50. The fourth-order valence-corrected chi connectivity index (χ4v) is 3.44. The Balaban J connectivity index is 1.75. The molecule has 1 aromatic heterocycles. The molecule has 0 spiro atoms. The molecule has 3 N–H and O–H groups in total. The first kappa shape index (κ1) is 16.9. The Bertz CT molecular complexity index is 912. The zero-order valence-electron chi connectivity index (χ0n) is 13.5. The molecule has 0 saturated carbocycles. The molecule has 2 aromatic carbocycles. The summed E-state index contributed by atoms with van der Waals surface area (Å²) in [5, 5.41) is 12.2. The molecule has 4 nitrogen and oxygen atoms in total. The van der Waals surface area contributed by atoms with Crippen molar-refractivity contribution in [2.75, 3.05) is 0 Å². The standard InChI is InChI=1S/C20H17N3OS/c21-12-17-9-10-18(25-17)16-8-4-5-14(11-16)13-23-19(20(22)24)15-6-2-1-3-7-15/h1-11,19,23H,13H2,(H2,22,24). The van der Waals surface area contributed by atoms with Crippen LogP contribution in [0.25, 0.3) is 10.4 Å². The first-order valence-electron chi connectivity index (χ1n) is 7.84. The highest BCUT2D eigenvalue weighted by Crippen LogP contribution is 2.28. The number of amides is 1. The van der Waals surface area contributed by atoms with Gasteiger partial charge >= 0.3 is 0 Å². The molecule has 1 amide bonds. The lowest BCUT2D eigenvalue weighted by atomic mass is 10.1. The third-order valence-electron chi connectivity index (χ3n) is 3.86. The maximum atomic E-state index is 11.8. The molecule has 0 bridgehead atoms. The monoisotopic (exact) mass is 347 g/mol. The number of hydrogen-bond acceptors (Lipinski definition) is 4. The minimum Gasteiger partial charge on any atom is -0.368 e. The summed E-state index contributed by atoms with van der Waals surface area (Å²) < 4.78 is 0. The minimum absolute atomic E-state index is 0.403. The predicted octanol–water partition coefficient (Wildman–Crippen LogP) is 3.60. The number of nitriles is 1. The molecular formula is C20H17N3OS. The van der Waals surface area contributed by atoms with Gasteiger partial charge in [-0.2, -0.15) is 5.26 Å². The van der Waals surface area contributed by atoms with Gasteiger partial charge in [-0.25, -0.2) is 0 Å². The summed E-state index contributed by atoms with van der Waals surface area (Å²) in [6, 6.07) is 22.9. The van der Waals surface area contributed by atoms with E-state index >= 15 is 0 Å². The number of primary amides is 1.